The summed E-state index contributed by atoms with van der Waals surface area (Å²) >= 11 is 0. The molecule has 0 saturated carbocycles. The zero-order valence-electron chi connectivity index (χ0n) is 17.4. The average Bonchev–Trinajstić information content (AvgIpc) is 2.51. The lowest BCUT2D eigenvalue weighted by Gasteiger charge is -2.36. The Hall–Kier alpha value is -0.693. The van der Waals surface area contributed by atoms with Crippen molar-refractivity contribution in [2.24, 2.45) is 17.8 Å². The van der Waals surface area contributed by atoms with E-state index < -0.39 is 20.5 Å². The molecular weight excluding hydrogens is 336 g/mol. The van der Waals surface area contributed by atoms with Gasteiger partial charge in [-0.15, -0.1) is 0 Å². The van der Waals surface area contributed by atoms with E-state index in [4.69, 9.17) is 18.0 Å². The standard InChI is InChI=1S/C19H38O5Si/c1-10-18(24-19(20)17(8)9)25(21-11-14(2)3,22-12-15(4)5)23-13-16(6)7/h14-16,18H,8,10-13H2,1-7,9H3. The molecule has 0 aromatic carbocycles. The smallest absolute Gasteiger partial charge is 0.454 e. The summed E-state index contributed by atoms with van der Waals surface area (Å²) in [6, 6.07) is 0. The molecule has 0 fully saturated rings. The van der Waals surface area contributed by atoms with Gasteiger partial charge in [0.1, 0.15) is 0 Å². The largest absolute Gasteiger partial charge is 0.544 e. The number of rotatable bonds is 13. The topological polar surface area (TPSA) is 54.0 Å². The molecule has 1 atom stereocenters. The van der Waals surface area contributed by atoms with Gasteiger partial charge in [-0.1, -0.05) is 55.0 Å². The fourth-order valence-corrected chi connectivity index (χ4v) is 5.14. The van der Waals surface area contributed by atoms with E-state index in [1.54, 1.807) is 6.92 Å². The minimum atomic E-state index is -3.21. The summed E-state index contributed by atoms with van der Waals surface area (Å²) in [5.41, 5.74) is -0.175. The first-order valence-electron chi connectivity index (χ1n) is 9.32. The molecule has 0 bridgehead atoms. The van der Waals surface area contributed by atoms with Gasteiger partial charge in [0.25, 0.3) is 0 Å². The van der Waals surface area contributed by atoms with Crippen LogP contribution in [0.4, 0.5) is 0 Å². The Balaban J connectivity index is 5.59. The van der Waals surface area contributed by atoms with Gasteiger partial charge < -0.3 is 18.0 Å². The van der Waals surface area contributed by atoms with E-state index in [2.05, 4.69) is 48.1 Å². The number of carbonyl (C=O) groups excluding carboxylic acids is 1. The van der Waals surface area contributed by atoms with Crippen LogP contribution in [0.25, 0.3) is 0 Å². The van der Waals surface area contributed by atoms with Crippen LogP contribution < -0.4 is 0 Å². The fraction of sp³-hybridized carbons (Fsp3) is 0.842. The summed E-state index contributed by atoms with van der Waals surface area (Å²) in [6.45, 7) is 21.2. The molecule has 6 heteroatoms. The number of ether oxygens (including phenoxy) is 1. The maximum atomic E-state index is 12.1. The first-order chi connectivity index (χ1) is 11.5. The van der Waals surface area contributed by atoms with Crippen molar-refractivity contribution >= 4 is 14.8 Å². The van der Waals surface area contributed by atoms with E-state index in [0.717, 1.165) is 0 Å². The Morgan fingerprint density at radius 3 is 1.48 bits per heavy atom. The van der Waals surface area contributed by atoms with Crippen LogP contribution in [-0.2, 0) is 22.8 Å². The second-order valence-corrected chi connectivity index (χ2v) is 10.5. The Bertz CT molecular complexity index is 375. The summed E-state index contributed by atoms with van der Waals surface area (Å²) in [5.74, 6) is 0.544. The lowest BCUT2D eigenvalue weighted by molar-refractivity contribution is -0.145. The molecule has 0 radical (unpaired) electrons. The van der Waals surface area contributed by atoms with Crippen molar-refractivity contribution in [2.75, 3.05) is 19.8 Å². The zero-order valence-corrected chi connectivity index (χ0v) is 18.4. The van der Waals surface area contributed by atoms with Crippen LogP contribution in [0.2, 0.25) is 0 Å². The summed E-state index contributed by atoms with van der Waals surface area (Å²) < 4.78 is 24.3. The van der Waals surface area contributed by atoms with Gasteiger partial charge in [0.15, 0.2) is 5.73 Å². The molecule has 0 aliphatic carbocycles. The van der Waals surface area contributed by atoms with Crippen molar-refractivity contribution in [2.45, 2.75) is 67.5 Å². The van der Waals surface area contributed by atoms with Gasteiger partial charge in [-0.3, -0.25) is 0 Å². The second kappa shape index (κ2) is 11.8. The number of carbonyl (C=O) groups is 1. The Labute approximate surface area is 155 Å². The van der Waals surface area contributed by atoms with Crippen LogP contribution in [0, 0.1) is 17.8 Å². The monoisotopic (exact) mass is 374 g/mol. The second-order valence-electron chi connectivity index (χ2n) is 7.80. The van der Waals surface area contributed by atoms with Crippen LogP contribution >= 0.6 is 0 Å². The summed E-state index contributed by atoms with van der Waals surface area (Å²) in [4.78, 5) is 12.1. The van der Waals surface area contributed by atoms with Gasteiger partial charge in [0, 0.05) is 25.4 Å². The van der Waals surface area contributed by atoms with Crippen LogP contribution in [0.1, 0.15) is 61.8 Å². The molecule has 148 valence electrons. The van der Waals surface area contributed by atoms with E-state index in [0.29, 0.717) is 49.6 Å². The number of hydrogen-bond donors (Lipinski definition) is 0. The Morgan fingerprint density at radius 2 is 1.24 bits per heavy atom. The highest BCUT2D eigenvalue weighted by molar-refractivity contribution is 6.62. The molecule has 0 amide bonds. The number of esters is 1. The molecule has 1 unspecified atom stereocenters. The third kappa shape index (κ3) is 9.54. The molecule has 0 saturated heterocycles. The SMILES string of the molecule is C=C(C)C(=O)OC(CC)[Si](OCC(C)C)(OCC(C)C)OCC(C)C. The van der Waals surface area contributed by atoms with E-state index in [1.807, 2.05) is 6.92 Å². The Kier molecular flexibility index (Phi) is 11.5. The van der Waals surface area contributed by atoms with Crippen molar-refractivity contribution in [1.82, 2.24) is 0 Å². The zero-order chi connectivity index (χ0) is 19.6. The van der Waals surface area contributed by atoms with Gasteiger partial charge in [-0.2, -0.15) is 0 Å². The molecule has 0 aromatic heterocycles. The highest BCUT2D eigenvalue weighted by Crippen LogP contribution is 2.24. The molecule has 0 spiro atoms. The molecule has 0 aliphatic rings. The molecular formula is C19H38O5Si. The van der Waals surface area contributed by atoms with Gasteiger partial charge in [-0.25, -0.2) is 4.79 Å². The van der Waals surface area contributed by atoms with Crippen LogP contribution in [0.5, 0.6) is 0 Å². The minimum absolute atomic E-state index is 0.325. The van der Waals surface area contributed by atoms with Gasteiger partial charge in [0.2, 0.25) is 0 Å². The first kappa shape index (κ1) is 24.3. The van der Waals surface area contributed by atoms with E-state index in [9.17, 15) is 4.79 Å². The normalized spacial score (nSPS) is 13.6. The van der Waals surface area contributed by atoms with Gasteiger partial charge in [0.05, 0.1) is 0 Å². The predicted octanol–water partition coefficient (Wildman–Crippen LogP) is 4.38. The Morgan fingerprint density at radius 1 is 0.880 bits per heavy atom. The van der Waals surface area contributed by atoms with E-state index in [-0.39, 0.29) is 0 Å². The summed E-state index contributed by atoms with van der Waals surface area (Å²) in [5, 5.41) is 0. The van der Waals surface area contributed by atoms with Crippen LogP contribution in [0.15, 0.2) is 12.2 Å². The summed E-state index contributed by atoms with van der Waals surface area (Å²) in [6.07, 6.45) is 0.569. The number of hydrogen-bond acceptors (Lipinski definition) is 5. The quantitative estimate of drug-likeness (QED) is 0.272. The third-order valence-corrected chi connectivity index (χ3v) is 6.24. The first-order valence-corrected chi connectivity index (χ1v) is 11.1. The third-order valence-electron chi connectivity index (χ3n) is 3.22. The van der Waals surface area contributed by atoms with E-state index in [1.165, 1.54) is 0 Å². The van der Waals surface area contributed by atoms with Crippen LogP contribution in [0.3, 0.4) is 0 Å². The highest BCUT2D eigenvalue weighted by Gasteiger charge is 2.52. The van der Waals surface area contributed by atoms with Crippen molar-refractivity contribution in [3.8, 4) is 0 Å². The van der Waals surface area contributed by atoms with Crippen molar-refractivity contribution < 1.29 is 22.8 Å². The highest BCUT2D eigenvalue weighted by atomic mass is 28.4. The van der Waals surface area contributed by atoms with Gasteiger partial charge >= 0.3 is 14.8 Å². The summed E-state index contributed by atoms with van der Waals surface area (Å²) in [7, 11) is -3.21. The van der Waals surface area contributed by atoms with Crippen molar-refractivity contribution in [1.29, 1.82) is 0 Å². The van der Waals surface area contributed by atoms with Gasteiger partial charge in [-0.05, 0) is 31.1 Å². The maximum absolute atomic E-state index is 12.1. The minimum Gasteiger partial charge on any atom is -0.454 e. The van der Waals surface area contributed by atoms with Crippen LogP contribution in [-0.4, -0.2) is 40.3 Å². The molecule has 0 rings (SSSR count). The molecule has 5 nitrogen and oxygen atoms in total. The van der Waals surface area contributed by atoms with Crippen molar-refractivity contribution in [3.63, 3.8) is 0 Å². The molecule has 25 heavy (non-hydrogen) atoms. The maximum Gasteiger partial charge on any atom is 0.544 e. The lowest BCUT2D eigenvalue weighted by atomic mass is 10.2. The molecule has 0 aliphatic heterocycles. The predicted molar refractivity (Wildman–Crippen MR) is 103 cm³/mol. The fourth-order valence-electron chi connectivity index (χ4n) is 1.89. The van der Waals surface area contributed by atoms with E-state index >= 15 is 0 Å². The molecule has 0 N–H and O–H groups in total. The molecule has 0 heterocycles. The lowest BCUT2D eigenvalue weighted by Crippen LogP contribution is -2.59. The van der Waals surface area contributed by atoms with Crippen molar-refractivity contribution in [3.05, 3.63) is 12.2 Å². The average molecular weight is 375 g/mol. The molecule has 0 aromatic rings.